The lowest BCUT2D eigenvalue weighted by molar-refractivity contribution is -0.252. The van der Waals surface area contributed by atoms with Crippen LogP contribution < -0.4 is 5.32 Å². The van der Waals surface area contributed by atoms with Crippen LogP contribution in [0.15, 0.2) is 0 Å². The van der Waals surface area contributed by atoms with Gasteiger partial charge in [-0.2, -0.15) is 0 Å². The Morgan fingerprint density at radius 2 is 2.08 bits per heavy atom. The van der Waals surface area contributed by atoms with E-state index in [0.717, 1.165) is 0 Å². The van der Waals surface area contributed by atoms with Crippen molar-refractivity contribution in [2.75, 3.05) is 19.8 Å². The molecule has 3 heteroatoms. The standard InChI is InChI=1S/C9H15NO2/c1-4-5-10-8-6-11-9(2,3)12-7-8/h1,8,10H,5-7H2,2-3H3. The molecule has 0 unspecified atom stereocenters. The van der Waals surface area contributed by atoms with Crippen molar-refractivity contribution in [3.63, 3.8) is 0 Å². The highest BCUT2D eigenvalue weighted by atomic mass is 16.7. The molecule has 0 atom stereocenters. The Kier molecular flexibility index (Phi) is 3.10. The fourth-order valence-electron chi connectivity index (χ4n) is 1.01. The van der Waals surface area contributed by atoms with Crippen molar-refractivity contribution < 1.29 is 9.47 Å². The zero-order valence-corrected chi connectivity index (χ0v) is 7.59. The van der Waals surface area contributed by atoms with Gasteiger partial charge in [-0.25, -0.2) is 0 Å². The maximum absolute atomic E-state index is 5.42. The van der Waals surface area contributed by atoms with E-state index in [-0.39, 0.29) is 6.04 Å². The minimum atomic E-state index is -0.436. The third-order valence-corrected chi connectivity index (χ3v) is 1.76. The first-order valence-corrected chi connectivity index (χ1v) is 4.09. The van der Waals surface area contributed by atoms with Crippen molar-refractivity contribution in [1.29, 1.82) is 0 Å². The Balaban J connectivity index is 2.23. The minimum absolute atomic E-state index is 0.231. The molecule has 3 nitrogen and oxygen atoms in total. The van der Waals surface area contributed by atoms with Gasteiger partial charge in [0.05, 0.1) is 25.8 Å². The van der Waals surface area contributed by atoms with E-state index in [9.17, 15) is 0 Å². The summed E-state index contributed by atoms with van der Waals surface area (Å²) in [5.74, 6) is 2.08. The second-order valence-electron chi connectivity index (χ2n) is 3.30. The number of rotatable bonds is 2. The predicted octanol–water partition coefficient (Wildman–Crippen LogP) is 0.361. The molecule has 0 aliphatic carbocycles. The Morgan fingerprint density at radius 1 is 1.50 bits per heavy atom. The van der Waals surface area contributed by atoms with Crippen molar-refractivity contribution in [3.8, 4) is 12.3 Å². The highest BCUT2D eigenvalue weighted by Gasteiger charge is 2.27. The van der Waals surface area contributed by atoms with Gasteiger partial charge >= 0.3 is 0 Å². The van der Waals surface area contributed by atoms with Gasteiger partial charge in [-0.05, 0) is 13.8 Å². The van der Waals surface area contributed by atoms with Crippen LogP contribution in [0.3, 0.4) is 0 Å². The molecule has 0 aromatic carbocycles. The first-order valence-electron chi connectivity index (χ1n) is 4.09. The van der Waals surface area contributed by atoms with Crippen molar-refractivity contribution in [3.05, 3.63) is 0 Å². The van der Waals surface area contributed by atoms with Crippen LogP contribution in [0.5, 0.6) is 0 Å². The Morgan fingerprint density at radius 3 is 2.58 bits per heavy atom. The quantitative estimate of drug-likeness (QED) is 0.605. The van der Waals surface area contributed by atoms with Crippen LogP contribution in [0.25, 0.3) is 0 Å². The summed E-state index contributed by atoms with van der Waals surface area (Å²) in [7, 11) is 0. The molecule has 0 aromatic rings. The molecule has 1 heterocycles. The SMILES string of the molecule is C#CCNC1COC(C)(C)OC1. The van der Waals surface area contributed by atoms with Crippen LogP contribution in [0.1, 0.15) is 13.8 Å². The van der Waals surface area contributed by atoms with Gasteiger partial charge in [-0.3, -0.25) is 5.32 Å². The van der Waals surface area contributed by atoms with Gasteiger partial charge in [-0.1, -0.05) is 5.92 Å². The molecule has 1 N–H and O–H groups in total. The molecule has 0 amide bonds. The number of ether oxygens (including phenoxy) is 2. The molecule has 1 aliphatic heterocycles. The van der Waals surface area contributed by atoms with Crippen molar-refractivity contribution in [2.24, 2.45) is 0 Å². The van der Waals surface area contributed by atoms with Crippen LogP contribution in [-0.4, -0.2) is 31.6 Å². The second kappa shape index (κ2) is 3.90. The summed E-state index contributed by atoms with van der Waals surface area (Å²) >= 11 is 0. The molecule has 0 bridgehead atoms. The van der Waals surface area contributed by atoms with E-state index < -0.39 is 5.79 Å². The maximum atomic E-state index is 5.42. The molecular weight excluding hydrogens is 154 g/mol. The first kappa shape index (κ1) is 9.53. The maximum Gasteiger partial charge on any atom is 0.162 e. The number of hydrogen-bond acceptors (Lipinski definition) is 3. The summed E-state index contributed by atoms with van der Waals surface area (Å²) in [6.07, 6.45) is 5.10. The van der Waals surface area contributed by atoms with Gasteiger partial charge in [0, 0.05) is 0 Å². The largest absolute Gasteiger partial charge is 0.349 e. The Hall–Kier alpha value is -0.560. The van der Waals surface area contributed by atoms with E-state index in [2.05, 4.69) is 11.2 Å². The second-order valence-corrected chi connectivity index (χ2v) is 3.30. The van der Waals surface area contributed by atoms with E-state index in [1.54, 1.807) is 0 Å². The summed E-state index contributed by atoms with van der Waals surface area (Å²) in [4.78, 5) is 0. The van der Waals surface area contributed by atoms with Gasteiger partial charge in [0.1, 0.15) is 0 Å². The highest BCUT2D eigenvalue weighted by molar-refractivity contribution is 4.88. The Bertz CT molecular complexity index is 173. The third-order valence-electron chi connectivity index (χ3n) is 1.76. The van der Waals surface area contributed by atoms with Gasteiger partial charge in [0.15, 0.2) is 5.79 Å². The third kappa shape index (κ3) is 2.82. The van der Waals surface area contributed by atoms with Crippen molar-refractivity contribution >= 4 is 0 Å². The zero-order chi connectivity index (χ0) is 9.03. The molecule has 1 saturated heterocycles. The van der Waals surface area contributed by atoms with E-state index in [0.29, 0.717) is 19.8 Å². The summed E-state index contributed by atoms with van der Waals surface area (Å²) in [6, 6.07) is 0.231. The van der Waals surface area contributed by atoms with E-state index in [4.69, 9.17) is 15.9 Å². The van der Waals surface area contributed by atoms with Crippen LogP contribution in [0.2, 0.25) is 0 Å². The summed E-state index contributed by atoms with van der Waals surface area (Å²) in [5.41, 5.74) is 0. The molecule has 1 fully saturated rings. The summed E-state index contributed by atoms with van der Waals surface area (Å²) in [6.45, 7) is 5.70. The van der Waals surface area contributed by atoms with Crippen molar-refractivity contribution in [1.82, 2.24) is 5.32 Å². The van der Waals surface area contributed by atoms with Crippen LogP contribution in [-0.2, 0) is 9.47 Å². The normalized spacial score (nSPS) is 23.4. The molecule has 12 heavy (non-hydrogen) atoms. The first-order chi connectivity index (χ1) is 5.64. The molecule has 68 valence electrons. The number of nitrogens with one attached hydrogen (secondary N) is 1. The lowest BCUT2D eigenvalue weighted by Gasteiger charge is -2.35. The molecular formula is C9H15NO2. The van der Waals surface area contributed by atoms with Gasteiger partial charge in [-0.15, -0.1) is 6.42 Å². The molecule has 1 rings (SSSR count). The fourth-order valence-corrected chi connectivity index (χ4v) is 1.01. The topological polar surface area (TPSA) is 30.5 Å². The van der Waals surface area contributed by atoms with Crippen LogP contribution in [0.4, 0.5) is 0 Å². The lowest BCUT2D eigenvalue weighted by atomic mass is 10.2. The molecule has 0 saturated carbocycles. The van der Waals surface area contributed by atoms with Crippen molar-refractivity contribution in [2.45, 2.75) is 25.7 Å². The van der Waals surface area contributed by atoms with Gasteiger partial charge < -0.3 is 9.47 Å². The van der Waals surface area contributed by atoms with Crippen LogP contribution in [0, 0.1) is 12.3 Å². The van der Waals surface area contributed by atoms with Gasteiger partial charge in [0.2, 0.25) is 0 Å². The summed E-state index contributed by atoms with van der Waals surface area (Å²) < 4.78 is 10.8. The summed E-state index contributed by atoms with van der Waals surface area (Å²) in [5, 5.41) is 3.12. The monoisotopic (exact) mass is 169 g/mol. The molecule has 0 spiro atoms. The van der Waals surface area contributed by atoms with E-state index in [1.807, 2.05) is 13.8 Å². The smallest absolute Gasteiger partial charge is 0.162 e. The van der Waals surface area contributed by atoms with Gasteiger partial charge in [0.25, 0.3) is 0 Å². The Labute approximate surface area is 73.4 Å². The predicted molar refractivity (Wildman–Crippen MR) is 46.6 cm³/mol. The number of terminal acetylenes is 1. The number of hydrogen-bond donors (Lipinski definition) is 1. The van der Waals surface area contributed by atoms with E-state index >= 15 is 0 Å². The lowest BCUT2D eigenvalue weighted by Crippen LogP contribution is -2.48. The molecule has 1 aliphatic rings. The highest BCUT2D eigenvalue weighted by Crippen LogP contribution is 2.16. The fraction of sp³-hybridized carbons (Fsp3) is 0.778. The van der Waals surface area contributed by atoms with E-state index in [1.165, 1.54) is 0 Å². The minimum Gasteiger partial charge on any atom is -0.349 e. The zero-order valence-electron chi connectivity index (χ0n) is 7.59. The molecule has 0 radical (unpaired) electrons. The average Bonchev–Trinajstić information content (AvgIpc) is 2.03. The van der Waals surface area contributed by atoms with Crippen LogP contribution >= 0.6 is 0 Å². The average molecular weight is 169 g/mol. The molecule has 0 aromatic heterocycles.